The van der Waals surface area contributed by atoms with Crippen molar-refractivity contribution in [2.75, 3.05) is 17.2 Å². The molecule has 0 saturated carbocycles. The zero-order valence-electron chi connectivity index (χ0n) is 16.0. The maximum absolute atomic E-state index is 12.6. The Bertz CT molecular complexity index is 1190. The first-order valence-electron chi connectivity index (χ1n) is 9.42. The fourth-order valence-electron chi connectivity index (χ4n) is 3.00. The zero-order chi connectivity index (χ0) is 20.8. The molecule has 0 bridgehead atoms. The van der Waals surface area contributed by atoms with Gasteiger partial charge in [0.05, 0.1) is 11.3 Å². The van der Waals surface area contributed by atoms with Crippen LogP contribution in [0.3, 0.4) is 0 Å². The van der Waals surface area contributed by atoms with Crippen molar-refractivity contribution < 1.29 is 14.3 Å². The standard InChI is InChI=1S/C24H19N3O3/c28-23(16-30-19-13-12-17-7-1-2-8-18(17)15-19)26-21-10-4-3-9-20(21)24(29)27-22-11-5-6-14-25-22/h1-15H,16H2,(H,26,28)(H,25,27,29). The molecule has 6 heteroatoms. The normalized spacial score (nSPS) is 10.4. The molecule has 0 saturated heterocycles. The summed E-state index contributed by atoms with van der Waals surface area (Å²) < 4.78 is 5.62. The minimum Gasteiger partial charge on any atom is -0.484 e. The van der Waals surface area contributed by atoms with Gasteiger partial charge >= 0.3 is 0 Å². The number of benzene rings is 3. The molecule has 0 unspecified atom stereocenters. The second-order valence-electron chi connectivity index (χ2n) is 6.56. The molecule has 2 amide bonds. The van der Waals surface area contributed by atoms with E-state index in [9.17, 15) is 9.59 Å². The van der Waals surface area contributed by atoms with E-state index >= 15 is 0 Å². The summed E-state index contributed by atoms with van der Waals surface area (Å²) >= 11 is 0. The summed E-state index contributed by atoms with van der Waals surface area (Å²) in [4.78, 5) is 29.1. The minimum atomic E-state index is -0.361. The van der Waals surface area contributed by atoms with E-state index in [1.807, 2.05) is 42.5 Å². The van der Waals surface area contributed by atoms with Crippen molar-refractivity contribution in [2.45, 2.75) is 0 Å². The van der Waals surface area contributed by atoms with Crippen LogP contribution in [0.15, 0.2) is 91.1 Å². The van der Waals surface area contributed by atoms with E-state index in [4.69, 9.17) is 4.74 Å². The number of carbonyl (C=O) groups excluding carboxylic acids is 2. The molecular weight excluding hydrogens is 378 g/mol. The fourth-order valence-corrected chi connectivity index (χ4v) is 3.00. The van der Waals surface area contributed by atoms with Crippen LogP contribution < -0.4 is 15.4 Å². The smallest absolute Gasteiger partial charge is 0.262 e. The Morgan fingerprint density at radius 3 is 2.40 bits per heavy atom. The van der Waals surface area contributed by atoms with Crippen LogP contribution >= 0.6 is 0 Å². The van der Waals surface area contributed by atoms with E-state index in [0.29, 0.717) is 22.8 Å². The third-order valence-corrected chi connectivity index (χ3v) is 4.44. The number of fused-ring (bicyclic) bond motifs is 1. The molecule has 148 valence electrons. The molecule has 1 heterocycles. The van der Waals surface area contributed by atoms with E-state index < -0.39 is 0 Å². The first kappa shape index (κ1) is 19.1. The van der Waals surface area contributed by atoms with E-state index in [-0.39, 0.29) is 18.4 Å². The van der Waals surface area contributed by atoms with Crippen molar-refractivity contribution in [3.8, 4) is 5.75 Å². The van der Waals surface area contributed by atoms with Crippen molar-refractivity contribution in [2.24, 2.45) is 0 Å². The summed E-state index contributed by atoms with van der Waals surface area (Å²) in [6, 6.07) is 25.6. The third kappa shape index (κ3) is 4.62. The number of nitrogens with zero attached hydrogens (tertiary/aromatic N) is 1. The molecule has 0 aliphatic rings. The highest BCUT2D eigenvalue weighted by Gasteiger charge is 2.14. The molecule has 6 nitrogen and oxygen atoms in total. The highest BCUT2D eigenvalue weighted by atomic mass is 16.5. The van der Waals surface area contributed by atoms with E-state index in [2.05, 4.69) is 15.6 Å². The molecule has 3 aromatic carbocycles. The predicted octanol–water partition coefficient (Wildman–Crippen LogP) is 4.50. The van der Waals surface area contributed by atoms with Gasteiger partial charge < -0.3 is 15.4 Å². The average molecular weight is 397 g/mol. The fraction of sp³-hybridized carbons (Fsp3) is 0.0417. The monoisotopic (exact) mass is 397 g/mol. The second kappa shape index (κ2) is 8.87. The number of anilines is 2. The van der Waals surface area contributed by atoms with Crippen molar-refractivity contribution in [1.29, 1.82) is 0 Å². The molecule has 0 spiro atoms. The summed E-state index contributed by atoms with van der Waals surface area (Å²) in [7, 11) is 0. The topological polar surface area (TPSA) is 80.3 Å². The Kier molecular flexibility index (Phi) is 5.66. The molecule has 0 fully saturated rings. The lowest BCUT2D eigenvalue weighted by Gasteiger charge is -2.12. The summed E-state index contributed by atoms with van der Waals surface area (Å²) in [5.41, 5.74) is 0.736. The summed E-state index contributed by atoms with van der Waals surface area (Å²) in [5, 5.41) is 7.59. The Morgan fingerprint density at radius 1 is 0.800 bits per heavy atom. The minimum absolute atomic E-state index is 0.172. The molecule has 30 heavy (non-hydrogen) atoms. The predicted molar refractivity (Wildman–Crippen MR) is 117 cm³/mol. The van der Waals surface area contributed by atoms with Gasteiger partial charge in [0.1, 0.15) is 11.6 Å². The Balaban J connectivity index is 1.41. The van der Waals surface area contributed by atoms with E-state index in [1.54, 1.807) is 48.7 Å². The van der Waals surface area contributed by atoms with Crippen molar-refractivity contribution in [1.82, 2.24) is 4.98 Å². The largest absolute Gasteiger partial charge is 0.484 e. The van der Waals surface area contributed by atoms with Crippen molar-refractivity contribution in [3.63, 3.8) is 0 Å². The lowest BCUT2D eigenvalue weighted by atomic mass is 10.1. The average Bonchev–Trinajstić information content (AvgIpc) is 2.78. The number of rotatable bonds is 6. The molecule has 0 aliphatic heterocycles. The number of pyridine rings is 1. The number of hydrogen-bond donors (Lipinski definition) is 2. The van der Waals surface area contributed by atoms with Crippen LogP contribution in [-0.2, 0) is 4.79 Å². The van der Waals surface area contributed by atoms with Crippen LogP contribution in [0.25, 0.3) is 10.8 Å². The van der Waals surface area contributed by atoms with Gasteiger partial charge in [0.15, 0.2) is 6.61 Å². The molecule has 1 aromatic heterocycles. The van der Waals surface area contributed by atoms with Gasteiger partial charge in [0.25, 0.3) is 11.8 Å². The highest BCUT2D eigenvalue weighted by molar-refractivity contribution is 6.09. The summed E-state index contributed by atoms with van der Waals surface area (Å²) in [6.45, 7) is -0.172. The maximum atomic E-state index is 12.6. The van der Waals surface area contributed by atoms with Crippen LogP contribution in [-0.4, -0.2) is 23.4 Å². The van der Waals surface area contributed by atoms with Crippen LogP contribution in [0, 0.1) is 0 Å². The summed E-state index contributed by atoms with van der Waals surface area (Å²) in [5.74, 6) is 0.314. The molecule has 4 aromatic rings. The Morgan fingerprint density at radius 2 is 1.57 bits per heavy atom. The van der Waals surface area contributed by atoms with Crippen LogP contribution in [0.4, 0.5) is 11.5 Å². The number of amides is 2. The van der Waals surface area contributed by atoms with Gasteiger partial charge in [0.2, 0.25) is 0 Å². The number of carbonyl (C=O) groups is 2. The van der Waals surface area contributed by atoms with Crippen LogP contribution in [0.5, 0.6) is 5.75 Å². The summed E-state index contributed by atoms with van der Waals surface area (Å²) in [6.07, 6.45) is 1.59. The van der Waals surface area contributed by atoms with Gasteiger partial charge in [-0.15, -0.1) is 0 Å². The molecule has 0 radical (unpaired) electrons. The molecular formula is C24H19N3O3. The van der Waals surface area contributed by atoms with Crippen molar-refractivity contribution >= 4 is 34.1 Å². The van der Waals surface area contributed by atoms with Gasteiger partial charge in [-0.25, -0.2) is 4.98 Å². The Hall–Kier alpha value is -4.19. The maximum Gasteiger partial charge on any atom is 0.262 e. The number of aromatic nitrogens is 1. The Labute approximate surface area is 173 Å². The number of para-hydroxylation sites is 1. The highest BCUT2D eigenvalue weighted by Crippen LogP contribution is 2.21. The zero-order valence-corrected chi connectivity index (χ0v) is 16.0. The SMILES string of the molecule is O=C(COc1ccc2ccccc2c1)Nc1ccccc1C(=O)Nc1ccccn1. The first-order valence-corrected chi connectivity index (χ1v) is 9.42. The third-order valence-electron chi connectivity index (χ3n) is 4.44. The quantitative estimate of drug-likeness (QED) is 0.502. The van der Waals surface area contributed by atoms with Gasteiger partial charge in [-0.3, -0.25) is 9.59 Å². The molecule has 0 aliphatic carbocycles. The van der Waals surface area contributed by atoms with Gasteiger partial charge in [-0.05, 0) is 47.2 Å². The molecule has 2 N–H and O–H groups in total. The lowest BCUT2D eigenvalue weighted by molar-refractivity contribution is -0.118. The van der Waals surface area contributed by atoms with Crippen LogP contribution in [0.1, 0.15) is 10.4 Å². The van der Waals surface area contributed by atoms with Crippen molar-refractivity contribution in [3.05, 3.63) is 96.7 Å². The number of nitrogens with one attached hydrogen (secondary N) is 2. The van der Waals surface area contributed by atoms with E-state index in [0.717, 1.165) is 10.8 Å². The van der Waals surface area contributed by atoms with Gasteiger partial charge in [0, 0.05) is 6.20 Å². The number of hydrogen-bond acceptors (Lipinski definition) is 4. The molecule has 4 rings (SSSR count). The lowest BCUT2D eigenvalue weighted by Crippen LogP contribution is -2.23. The second-order valence-corrected chi connectivity index (χ2v) is 6.56. The van der Waals surface area contributed by atoms with Gasteiger partial charge in [-0.2, -0.15) is 0 Å². The molecule has 0 atom stereocenters. The van der Waals surface area contributed by atoms with Gasteiger partial charge in [-0.1, -0.05) is 48.5 Å². The van der Waals surface area contributed by atoms with Crippen LogP contribution in [0.2, 0.25) is 0 Å². The first-order chi connectivity index (χ1) is 14.7. The number of ether oxygens (including phenoxy) is 1. The van der Waals surface area contributed by atoms with E-state index in [1.165, 1.54) is 0 Å².